The summed E-state index contributed by atoms with van der Waals surface area (Å²) in [5.74, 6) is 1.25. The number of rotatable bonds is 2. The number of alkyl carbamates (subject to hydrolysis) is 1. The van der Waals surface area contributed by atoms with Crippen molar-refractivity contribution in [2.75, 3.05) is 7.11 Å². The molecule has 1 amide bonds. The lowest BCUT2D eigenvalue weighted by molar-refractivity contribution is -0.0401. The second-order valence-corrected chi connectivity index (χ2v) is 10.2. The van der Waals surface area contributed by atoms with Gasteiger partial charge in [0.2, 0.25) is 0 Å². The fraction of sp³-hybridized carbons (Fsp3) is 0.321. The van der Waals surface area contributed by atoms with Gasteiger partial charge in [0.15, 0.2) is 11.7 Å². The largest absolute Gasteiger partial charge is 0.496 e. The number of carbonyl (C=O) groups excluding carboxylic acids is 1. The number of fused-ring (bicyclic) bond motifs is 7. The topological polar surface area (TPSA) is 77.0 Å². The van der Waals surface area contributed by atoms with Crippen molar-refractivity contribution < 1.29 is 24.1 Å². The van der Waals surface area contributed by atoms with Crippen LogP contribution < -0.4 is 14.8 Å². The first-order chi connectivity index (χ1) is 16.2. The summed E-state index contributed by atoms with van der Waals surface area (Å²) in [5.41, 5.74) is 0.131. The predicted octanol–water partition coefficient (Wildman–Crippen LogP) is 5.00. The molecular formula is C28H27NO5. The van der Waals surface area contributed by atoms with Crippen LogP contribution in [0, 0.1) is 0 Å². The molecular weight excluding hydrogens is 430 g/mol. The van der Waals surface area contributed by atoms with Crippen molar-refractivity contribution in [3.63, 3.8) is 0 Å². The van der Waals surface area contributed by atoms with Crippen molar-refractivity contribution >= 4 is 22.9 Å². The average molecular weight is 458 g/mol. The van der Waals surface area contributed by atoms with Crippen LogP contribution in [0.2, 0.25) is 0 Å². The minimum Gasteiger partial charge on any atom is -0.496 e. The summed E-state index contributed by atoms with van der Waals surface area (Å²) < 4.78 is 17.9. The van der Waals surface area contributed by atoms with Crippen molar-refractivity contribution in [2.45, 2.75) is 50.0 Å². The normalized spacial score (nSPS) is 25.9. The SMILES string of the molecule is COc1cccc2ccc3c(c12)OC1[C@]3(O)c2cccc3c2[C@]1(NC(=O)OC(C)(C)C)CC=C3. The van der Waals surface area contributed by atoms with E-state index in [0.29, 0.717) is 23.5 Å². The molecule has 6 nitrogen and oxygen atoms in total. The van der Waals surface area contributed by atoms with Gasteiger partial charge < -0.3 is 24.6 Å². The lowest BCUT2D eigenvalue weighted by Crippen LogP contribution is -2.58. The van der Waals surface area contributed by atoms with E-state index in [1.807, 2.05) is 81.5 Å². The summed E-state index contributed by atoms with van der Waals surface area (Å²) in [6, 6.07) is 15.5. The summed E-state index contributed by atoms with van der Waals surface area (Å²) in [6.07, 6.45) is 3.18. The molecule has 0 spiro atoms. The first kappa shape index (κ1) is 21.1. The third kappa shape index (κ3) is 2.63. The van der Waals surface area contributed by atoms with E-state index in [1.54, 1.807) is 7.11 Å². The molecule has 2 aliphatic carbocycles. The Morgan fingerprint density at radius 3 is 2.68 bits per heavy atom. The number of ether oxygens (including phenoxy) is 3. The van der Waals surface area contributed by atoms with Gasteiger partial charge in [0, 0.05) is 5.56 Å². The predicted molar refractivity (Wildman–Crippen MR) is 129 cm³/mol. The van der Waals surface area contributed by atoms with E-state index in [-0.39, 0.29) is 0 Å². The molecule has 34 heavy (non-hydrogen) atoms. The number of hydrogen-bond donors (Lipinski definition) is 2. The summed E-state index contributed by atoms with van der Waals surface area (Å²) in [6.45, 7) is 5.49. The number of carbonyl (C=O) groups is 1. The number of hydrogen-bond acceptors (Lipinski definition) is 5. The summed E-state index contributed by atoms with van der Waals surface area (Å²) in [4.78, 5) is 13.1. The van der Waals surface area contributed by atoms with Gasteiger partial charge in [-0.05, 0) is 55.3 Å². The second kappa shape index (κ2) is 6.76. The zero-order valence-electron chi connectivity index (χ0n) is 19.6. The number of aliphatic hydroxyl groups is 1. The molecule has 0 saturated carbocycles. The Hall–Kier alpha value is -3.51. The number of amides is 1. The van der Waals surface area contributed by atoms with E-state index in [4.69, 9.17) is 14.2 Å². The van der Waals surface area contributed by atoms with Crippen LogP contribution in [0.25, 0.3) is 16.8 Å². The minimum atomic E-state index is -1.45. The van der Waals surface area contributed by atoms with E-state index < -0.39 is 28.9 Å². The maximum Gasteiger partial charge on any atom is 0.408 e. The van der Waals surface area contributed by atoms with Crippen molar-refractivity contribution in [1.29, 1.82) is 0 Å². The van der Waals surface area contributed by atoms with E-state index in [0.717, 1.165) is 27.5 Å². The zero-order valence-corrected chi connectivity index (χ0v) is 19.6. The molecule has 6 heteroatoms. The van der Waals surface area contributed by atoms with Crippen LogP contribution in [0.15, 0.2) is 54.6 Å². The second-order valence-electron chi connectivity index (χ2n) is 10.2. The molecule has 3 aromatic rings. The van der Waals surface area contributed by atoms with Gasteiger partial charge in [-0.15, -0.1) is 0 Å². The van der Waals surface area contributed by atoms with Crippen LogP contribution in [-0.2, 0) is 15.9 Å². The van der Waals surface area contributed by atoms with Gasteiger partial charge in [0.25, 0.3) is 0 Å². The summed E-state index contributed by atoms with van der Waals surface area (Å²) in [7, 11) is 1.62. The molecule has 0 radical (unpaired) electrons. The lowest BCUT2D eigenvalue weighted by Gasteiger charge is -2.39. The van der Waals surface area contributed by atoms with E-state index in [9.17, 15) is 9.90 Å². The van der Waals surface area contributed by atoms with Crippen LogP contribution in [-0.4, -0.2) is 30.0 Å². The molecule has 1 aliphatic heterocycles. The highest BCUT2D eigenvalue weighted by Gasteiger charge is 2.67. The third-order valence-electron chi connectivity index (χ3n) is 7.07. The number of nitrogens with one attached hydrogen (secondary N) is 1. The molecule has 1 heterocycles. The van der Waals surface area contributed by atoms with Gasteiger partial charge in [-0.25, -0.2) is 4.79 Å². The Kier molecular flexibility index (Phi) is 4.19. The molecule has 3 atom stereocenters. The van der Waals surface area contributed by atoms with Crippen molar-refractivity contribution in [1.82, 2.24) is 5.32 Å². The molecule has 0 fully saturated rings. The fourth-order valence-corrected chi connectivity index (χ4v) is 5.90. The molecule has 2 N–H and O–H groups in total. The van der Waals surface area contributed by atoms with Crippen molar-refractivity contribution in [2.24, 2.45) is 0 Å². The van der Waals surface area contributed by atoms with Crippen molar-refractivity contribution in [3.8, 4) is 11.5 Å². The Morgan fingerprint density at radius 1 is 1.12 bits per heavy atom. The highest BCUT2D eigenvalue weighted by molar-refractivity contribution is 5.96. The molecule has 0 aromatic heterocycles. The van der Waals surface area contributed by atoms with Gasteiger partial charge in [0.1, 0.15) is 22.6 Å². The van der Waals surface area contributed by atoms with Crippen LogP contribution in [0.1, 0.15) is 49.4 Å². The highest BCUT2D eigenvalue weighted by Crippen LogP contribution is 2.62. The quantitative estimate of drug-likeness (QED) is 0.567. The fourth-order valence-electron chi connectivity index (χ4n) is 5.90. The molecule has 1 unspecified atom stereocenters. The Labute approximate surface area is 198 Å². The maximum atomic E-state index is 13.1. The number of benzene rings is 3. The monoisotopic (exact) mass is 457 g/mol. The summed E-state index contributed by atoms with van der Waals surface area (Å²) in [5, 5.41) is 17.3. The average Bonchev–Trinajstić information content (AvgIpc) is 3.21. The van der Waals surface area contributed by atoms with E-state index in [1.165, 1.54) is 0 Å². The zero-order chi connectivity index (χ0) is 23.9. The van der Waals surface area contributed by atoms with E-state index >= 15 is 0 Å². The first-order valence-corrected chi connectivity index (χ1v) is 11.5. The van der Waals surface area contributed by atoms with Crippen LogP contribution >= 0.6 is 0 Å². The molecule has 3 aromatic carbocycles. The standard InChI is InChI=1S/C28H27NO5/c1-26(2,3)34-25(30)29-27-15-7-10-17-9-5-11-18(22(17)27)28(31)19-14-13-16-8-6-12-20(32-4)21(16)23(19)33-24(27)28/h5-14,24,31H,15H2,1-4H3,(H,29,30)/t24?,27-,28+/m1/s1. The van der Waals surface area contributed by atoms with Gasteiger partial charge in [-0.3, -0.25) is 0 Å². The Balaban J connectivity index is 1.59. The highest BCUT2D eigenvalue weighted by atomic mass is 16.6. The molecule has 3 aliphatic rings. The van der Waals surface area contributed by atoms with Crippen LogP contribution in [0.5, 0.6) is 11.5 Å². The Bertz CT molecular complexity index is 1390. The van der Waals surface area contributed by atoms with Crippen LogP contribution in [0.4, 0.5) is 4.79 Å². The molecule has 174 valence electrons. The number of methoxy groups -OCH3 is 1. The smallest absolute Gasteiger partial charge is 0.408 e. The first-order valence-electron chi connectivity index (χ1n) is 11.5. The van der Waals surface area contributed by atoms with Gasteiger partial charge in [-0.2, -0.15) is 0 Å². The third-order valence-corrected chi connectivity index (χ3v) is 7.07. The van der Waals surface area contributed by atoms with E-state index in [2.05, 4.69) is 5.32 Å². The van der Waals surface area contributed by atoms with Crippen LogP contribution in [0.3, 0.4) is 0 Å². The minimum absolute atomic E-state index is 0.465. The maximum absolute atomic E-state index is 13.1. The van der Waals surface area contributed by atoms with Gasteiger partial charge >= 0.3 is 6.09 Å². The van der Waals surface area contributed by atoms with Gasteiger partial charge in [0.05, 0.1) is 12.5 Å². The Morgan fingerprint density at radius 2 is 1.91 bits per heavy atom. The molecule has 0 bridgehead atoms. The molecule has 0 saturated heterocycles. The van der Waals surface area contributed by atoms with Crippen molar-refractivity contribution in [3.05, 3.63) is 76.9 Å². The lowest BCUT2D eigenvalue weighted by atomic mass is 9.79. The summed E-state index contributed by atoms with van der Waals surface area (Å²) >= 11 is 0. The molecule has 6 rings (SSSR count). The van der Waals surface area contributed by atoms with Gasteiger partial charge in [-0.1, -0.05) is 54.6 Å².